The lowest BCUT2D eigenvalue weighted by Gasteiger charge is -2.09. The highest BCUT2D eigenvalue weighted by molar-refractivity contribution is 9.10. The Bertz CT molecular complexity index is 907. The lowest BCUT2D eigenvalue weighted by Crippen LogP contribution is -2.13. The molecule has 2 aliphatic rings. The fraction of sp³-hybridized carbons (Fsp3) is 0.235. The summed E-state index contributed by atoms with van der Waals surface area (Å²) in [6.07, 6.45) is 4.22. The molecule has 0 spiro atoms. The summed E-state index contributed by atoms with van der Waals surface area (Å²) in [5.41, 5.74) is 3.71. The topological polar surface area (TPSA) is 65.2 Å². The third-order valence-electron chi connectivity index (χ3n) is 4.18. The SMILES string of the molecule is N#Cc1c(/N=C2\C(=O)Nc3ccc(Br)cc32)sc2c1CCCC2. The van der Waals surface area contributed by atoms with E-state index in [0.717, 1.165) is 47.0 Å². The second-order valence-electron chi connectivity index (χ2n) is 5.61. The average Bonchev–Trinajstić information content (AvgIpc) is 3.05. The van der Waals surface area contributed by atoms with E-state index >= 15 is 0 Å². The first-order valence-corrected chi connectivity index (χ1v) is 9.03. The Morgan fingerprint density at radius 3 is 2.96 bits per heavy atom. The van der Waals surface area contributed by atoms with Crippen molar-refractivity contribution in [2.45, 2.75) is 25.7 Å². The molecule has 0 saturated heterocycles. The fourth-order valence-corrected chi connectivity index (χ4v) is 4.66. The summed E-state index contributed by atoms with van der Waals surface area (Å²) >= 11 is 4.98. The fourth-order valence-electron chi connectivity index (χ4n) is 3.08. The van der Waals surface area contributed by atoms with Crippen LogP contribution in [0.25, 0.3) is 0 Å². The molecule has 1 aromatic carbocycles. The smallest absolute Gasteiger partial charge is 0.275 e. The molecule has 2 aromatic rings. The van der Waals surface area contributed by atoms with Crippen LogP contribution < -0.4 is 5.32 Å². The Morgan fingerprint density at radius 1 is 1.30 bits per heavy atom. The largest absolute Gasteiger partial charge is 0.320 e. The number of benzene rings is 1. The molecule has 0 atom stereocenters. The summed E-state index contributed by atoms with van der Waals surface area (Å²) in [6.45, 7) is 0. The van der Waals surface area contributed by atoms with Crippen LogP contribution in [0, 0.1) is 11.3 Å². The van der Waals surface area contributed by atoms with Crippen LogP contribution in [0.3, 0.4) is 0 Å². The lowest BCUT2D eigenvalue weighted by atomic mass is 9.96. The first-order chi connectivity index (χ1) is 11.2. The van der Waals surface area contributed by atoms with Gasteiger partial charge in [0.1, 0.15) is 16.8 Å². The normalized spacial score (nSPS) is 17.6. The number of rotatable bonds is 1. The quantitative estimate of drug-likeness (QED) is 0.793. The predicted octanol–water partition coefficient (Wildman–Crippen LogP) is 4.33. The molecule has 1 aromatic heterocycles. The first-order valence-electron chi connectivity index (χ1n) is 7.42. The van der Waals surface area contributed by atoms with Gasteiger partial charge in [-0.05, 0) is 49.4 Å². The highest BCUT2D eigenvalue weighted by Crippen LogP contribution is 2.40. The van der Waals surface area contributed by atoms with Crippen molar-refractivity contribution >= 4 is 49.6 Å². The standard InChI is InChI=1S/C17H12BrN3OS/c18-9-5-6-13-11(7-9)15(16(22)20-13)21-17-12(8-19)10-3-1-2-4-14(10)23-17/h5-7H,1-4H2,(H,20,21,22). The van der Waals surface area contributed by atoms with Crippen molar-refractivity contribution in [3.8, 4) is 6.07 Å². The van der Waals surface area contributed by atoms with Gasteiger partial charge in [0.05, 0.1) is 11.3 Å². The van der Waals surface area contributed by atoms with E-state index in [-0.39, 0.29) is 5.91 Å². The van der Waals surface area contributed by atoms with Crippen LogP contribution in [-0.2, 0) is 17.6 Å². The molecule has 0 radical (unpaired) electrons. The zero-order valence-electron chi connectivity index (χ0n) is 12.1. The van der Waals surface area contributed by atoms with Crippen LogP contribution >= 0.6 is 27.3 Å². The molecule has 114 valence electrons. The summed E-state index contributed by atoms with van der Waals surface area (Å²) in [5, 5.41) is 13.0. The van der Waals surface area contributed by atoms with E-state index in [1.165, 1.54) is 4.88 Å². The molecule has 1 N–H and O–H groups in total. The van der Waals surface area contributed by atoms with Crippen molar-refractivity contribution in [3.63, 3.8) is 0 Å². The second kappa shape index (κ2) is 5.59. The van der Waals surface area contributed by atoms with E-state index < -0.39 is 0 Å². The Morgan fingerprint density at radius 2 is 2.13 bits per heavy atom. The minimum Gasteiger partial charge on any atom is -0.320 e. The number of aryl methyl sites for hydroxylation is 1. The summed E-state index contributed by atoms with van der Waals surface area (Å²) < 4.78 is 0.895. The van der Waals surface area contributed by atoms with Gasteiger partial charge in [-0.1, -0.05) is 15.9 Å². The molecule has 1 amide bonds. The molecule has 23 heavy (non-hydrogen) atoms. The number of fused-ring (bicyclic) bond motifs is 2. The number of halogens is 1. The molecule has 1 aliphatic heterocycles. The van der Waals surface area contributed by atoms with E-state index in [1.807, 2.05) is 18.2 Å². The third kappa shape index (κ3) is 2.41. The molecule has 0 unspecified atom stereocenters. The van der Waals surface area contributed by atoms with Gasteiger partial charge in [0.2, 0.25) is 0 Å². The Hall–Kier alpha value is -1.97. The first kappa shape index (κ1) is 14.6. The molecule has 2 heterocycles. The van der Waals surface area contributed by atoms with Gasteiger partial charge in [-0.2, -0.15) is 5.26 Å². The maximum atomic E-state index is 12.3. The van der Waals surface area contributed by atoms with Crippen molar-refractivity contribution in [2.24, 2.45) is 4.99 Å². The molecule has 6 heteroatoms. The van der Waals surface area contributed by atoms with Crippen LogP contribution in [0.5, 0.6) is 0 Å². The van der Waals surface area contributed by atoms with Gasteiger partial charge in [0.25, 0.3) is 5.91 Å². The van der Waals surface area contributed by atoms with E-state index in [0.29, 0.717) is 16.3 Å². The minimum absolute atomic E-state index is 0.214. The van der Waals surface area contributed by atoms with Crippen LogP contribution in [0.2, 0.25) is 0 Å². The monoisotopic (exact) mass is 385 g/mol. The summed E-state index contributed by atoms with van der Waals surface area (Å²) in [5.74, 6) is -0.214. The maximum absolute atomic E-state index is 12.3. The number of hydrogen-bond acceptors (Lipinski definition) is 4. The second-order valence-corrected chi connectivity index (χ2v) is 7.61. The summed E-state index contributed by atoms with van der Waals surface area (Å²) in [6, 6.07) is 7.90. The summed E-state index contributed by atoms with van der Waals surface area (Å²) in [4.78, 5) is 18.1. The van der Waals surface area contributed by atoms with Crippen LogP contribution in [0.4, 0.5) is 10.7 Å². The summed E-state index contributed by atoms with van der Waals surface area (Å²) in [7, 11) is 0. The van der Waals surface area contributed by atoms with Crippen molar-refractivity contribution in [1.29, 1.82) is 5.26 Å². The number of nitrogens with one attached hydrogen (secondary N) is 1. The maximum Gasteiger partial charge on any atom is 0.275 e. The zero-order chi connectivity index (χ0) is 16.0. The molecule has 0 saturated carbocycles. The predicted molar refractivity (Wildman–Crippen MR) is 94.6 cm³/mol. The van der Waals surface area contributed by atoms with Gasteiger partial charge in [-0.15, -0.1) is 11.3 Å². The van der Waals surface area contributed by atoms with Gasteiger partial charge in [0.15, 0.2) is 0 Å². The minimum atomic E-state index is -0.214. The molecule has 4 nitrogen and oxygen atoms in total. The molecular formula is C17H12BrN3OS. The van der Waals surface area contributed by atoms with E-state index in [9.17, 15) is 10.1 Å². The number of aliphatic imine (C=N–C) groups is 1. The van der Waals surface area contributed by atoms with Gasteiger partial charge in [-0.3, -0.25) is 4.79 Å². The number of carbonyl (C=O) groups is 1. The van der Waals surface area contributed by atoms with E-state index in [4.69, 9.17) is 0 Å². The number of nitrogens with zero attached hydrogens (tertiary/aromatic N) is 2. The van der Waals surface area contributed by atoms with Crippen LogP contribution in [-0.4, -0.2) is 11.6 Å². The molecule has 4 rings (SSSR count). The number of amides is 1. The third-order valence-corrected chi connectivity index (χ3v) is 5.86. The van der Waals surface area contributed by atoms with Crippen molar-refractivity contribution < 1.29 is 4.79 Å². The van der Waals surface area contributed by atoms with Crippen LogP contribution in [0.15, 0.2) is 27.7 Å². The molecule has 0 fully saturated rings. The van der Waals surface area contributed by atoms with Crippen molar-refractivity contribution in [3.05, 3.63) is 44.2 Å². The van der Waals surface area contributed by atoms with E-state index in [1.54, 1.807) is 11.3 Å². The number of anilines is 1. The molecular weight excluding hydrogens is 374 g/mol. The number of nitriles is 1. The van der Waals surface area contributed by atoms with Crippen molar-refractivity contribution in [1.82, 2.24) is 0 Å². The van der Waals surface area contributed by atoms with Crippen LogP contribution in [0.1, 0.15) is 34.4 Å². The Labute approximate surface area is 146 Å². The lowest BCUT2D eigenvalue weighted by molar-refractivity contribution is -0.110. The molecule has 0 bridgehead atoms. The van der Waals surface area contributed by atoms with E-state index in [2.05, 4.69) is 32.3 Å². The Kier molecular flexibility index (Phi) is 3.55. The zero-order valence-corrected chi connectivity index (χ0v) is 14.6. The van der Waals surface area contributed by atoms with Gasteiger partial charge in [0, 0.05) is 14.9 Å². The number of carbonyl (C=O) groups excluding carboxylic acids is 1. The van der Waals surface area contributed by atoms with Gasteiger partial charge < -0.3 is 5.32 Å². The number of thiophene rings is 1. The average molecular weight is 386 g/mol. The highest BCUT2D eigenvalue weighted by Gasteiger charge is 2.28. The molecule has 1 aliphatic carbocycles. The number of hydrogen-bond donors (Lipinski definition) is 1. The Balaban J connectivity index is 1.86. The van der Waals surface area contributed by atoms with Gasteiger partial charge >= 0.3 is 0 Å². The highest BCUT2D eigenvalue weighted by atomic mass is 79.9. The van der Waals surface area contributed by atoms with Crippen molar-refractivity contribution in [2.75, 3.05) is 5.32 Å². The van der Waals surface area contributed by atoms with Gasteiger partial charge in [-0.25, -0.2) is 4.99 Å².